The van der Waals surface area contributed by atoms with Gasteiger partial charge in [-0.2, -0.15) is 0 Å². The average Bonchev–Trinajstić information content (AvgIpc) is 2.12. The third kappa shape index (κ3) is 2.54. The second-order valence-corrected chi connectivity index (χ2v) is 4.30. The molecule has 0 aliphatic carbocycles. The lowest BCUT2D eigenvalue weighted by molar-refractivity contribution is 0.793. The van der Waals surface area contributed by atoms with Crippen molar-refractivity contribution in [3.63, 3.8) is 0 Å². The number of benzene rings is 1. The summed E-state index contributed by atoms with van der Waals surface area (Å²) in [5.74, 6) is 0. The first-order chi connectivity index (χ1) is 6.16. The summed E-state index contributed by atoms with van der Waals surface area (Å²) in [5.41, 5.74) is 4.42. The molecule has 1 aromatic rings. The fourth-order valence-corrected chi connectivity index (χ4v) is 2.04. The Morgan fingerprint density at radius 1 is 1.23 bits per heavy atom. The quantitative estimate of drug-likeness (QED) is 0.648. The third-order valence-corrected chi connectivity index (χ3v) is 3.23. The van der Waals surface area contributed by atoms with Crippen molar-refractivity contribution in [3.8, 4) is 0 Å². The zero-order valence-electron chi connectivity index (χ0n) is 8.85. The summed E-state index contributed by atoms with van der Waals surface area (Å²) in [6.07, 6.45) is 3.80. The Balaban J connectivity index is 2.96. The Labute approximate surface area is 84.0 Å². The van der Waals surface area contributed by atoms with Gasteiger partial charge in [-0.25, -0.2) is 0 Å². The fourth-order valence-electron chi connectivity index (χ4n) is 1.58. The molecule has 0 heterocycles. The SMILES string of the molecule is CCCCc1c(P)ccc(C)c1C. The molecular formula is C12H19P. The van der Waals surface area contributed by atoms with Crippen LogP contribution in [-0.2, 0) is 6.42 Å². The Morgan fingerprint density at radius 2 is 1.92 bits per heavy atom. The molecule has 0 nitrogen and oxygen atoms in total. The topological polar surface area (TPSA) is 0 Å². The largest absolute Gasteiger partial charge is 0.105 e. The molecule has 0 N–H and O–H groups in total. The van der Waals surface area contributed by atoms with Crippen molar-refractivity contribution in [3.05, 3.63) is 28.8 Å². The fraction of sp³-hybridized carbons (Fsp3) is 0.500. The van der Waals surface area contributed by atoms with Crippen LogP contribution >= 0.6 is 9.24 Å². The molecule has 13 heavy (non-hydrogen) atoms. The molecule has 0 fully saturated rings. The first-order valence-electron chi connectivity index (χ1n) is 5.01. The van der Waals surface area contributed by atoms with Crippen LogP contribution in [-0.4, -0.2) is 0 Å². The molecule has 0 saturated carbocycles. The molecule has 0 aromatic heterocycles. The highest BCUT2D eigenvalue weighted by molar-refractivity contribution is 7.27. The number of unbranched alkanes of at least 4 members (excludes halogenated alkanes) is 1. The van der Waals surface area contributed by atoms with Crippen LogP contribution in [0.5, 0.6) is 0 Å². The lowest BCUT2D eigenvalue weighted by Crippen LogP contribution is -2.05. The molecule has 0 aliphatic heterocycles. The molecule has 1 rings (SSSR count). The van der Waals surface area contributed by atoms with Crippen LogP contribution in [0.25, 0.3) is 0 Å². The molecule has 0 saturated heterocycles. The third-order valence-electron chi connectivity index (χ3n) is 2.69. The zero-order valence-corrected chi connectivity index (χ0v) is 10.0. The average molecular weight is 194 g/mol. The van der Waals surface area contributed by atoms with E-state index in [0.717, 1.165) is 0 Å². The van der Waals surface area contributed by atoms with Crippen LogP contribution in [0, 0.1) is 13.8 Å². The number of hydrogen-bond acceptors (Lipinski definition) is 0. The van der Waals surface area contributed by atoms with E-state index < -0.39 is 0 Å². The van der Waals surface area contributed by atoms with Gasteiger partial charge in [0.15, 0.2) is 0 Å². The van der Waals surface area contributed by atoms with E-state index in [1.54, 1.807) is 0 Å². The van der Waals surface area contributed by atoms with Gasteiger partial charge in [-0.05, 0) is 48.7 Å². The van der Waals surface area contributed by atoms with Crippen molar-refractivity contribution in [1.29, 1.82) is 0 Å². The maximum absolute atomic E-state index is 2.84. The first-order valence-corrected chi connectivity index (χ1v) is 5.59. The maximum Gasteiger partial charge on any atom is -0.0268 e. The van der Waals surface area contributed by atoms with E-state index in [1.807, 2.05) is 0 Å². The van der Waals surface area contributed by atoms with Gasteiger partial charge in [0.25, 0.3) is 0 Å². The van der Waals surface area contributed by atoms with E-state index in [-0.39, 0.29) is 0 Å². The molecular weight excluding hydrogens is 175 g/mol. The van der Waals surface area contributed by atoms with Crippen LogP contribution in [0.3, 0.4) is 0 Å². The Hall–Kier alpha value is -0.350. The van der Waals surface area contributed by atoms with Gasteiger partial charge in [0, 0.05) is 0 Å². The van der Waals surface area contributed by atoms with Crippen molar-refractivity contribution in [2.45, 2.75) is 40.0 Å². The second kappa shape index (κ2) is 4.77. The highest BCUT2D eigenvalue weighted by atomic mass is 31.0. The predicted molar refractivity (Wildman–Crippen MR) is 63.9 cm³/mol. The van der Waals surface area contributed by atoms with Crippen LogP contribution in [0.1, 0.15) is 36.5 Å². The number of rotatable bonds is 3. The van der Waals surface area contributed by atoms with E-state index in [0.29, 0.717) is 0 Å². The van der Waals surface area contributed by atoms with Crippen molar-refractivity contribution in [2.24, 2.45) is 0 Å². The second-order valence-electron chi connectivity index (χ2n) is 3.68. The van der Waals surface area contributed by atoms with Gasteiger partial charge in [0.05, 0.1) is 0 Å². The molecule has 0 bridgehead atoms. The standard InChI is InChI=1S/C12H19P/c1-4-5-6-11-10(3)9(2)7-8-12(11)13/h7-8H,4-6,13H2,1-3H3. The van der Waals surface area contributed by atoms with E-state index in [2.05, 4.69) is 42.1 Å². The monoisotopic (exact) mass is 194 g/mol. The molecule has 0 aliphatic rings. The smallest absolute Gasteiger partial charge is 0.0268 e. The zero-order chi connectivity index (χ0) is 9.84. The van der Waals surface area contributed by atoms with Gasteiger partial charge in [-0.1, -0.05) is 25.5 Å². The minimum atomic E-state index is 1.23. The lowest BCUT2D eigenvalue weighted by atomic mass is 9.99. The summed E-state index contributed by atoms with van der Waals surface area (Å²) in [6.45, 7) is 6.66. The Kier molecular flexibility index (Phi) is 3.93. The van der Waals surface area contributed by atoms with Crippen molar-refractivity contribution >= 4 is 14.5 Å². The number of aryl methyl sites for hydroxylation is 1. The van der Waals surface area contributed by atoms with E-state index in [9.17, 15) is 0 Å². The molecule has 72 valence electrons. The summed E-state index contributed by atoms with van der Waals surface area (Å²) in [4.78, 5) is 0. The van der Waals surface area contributed by atoms with Crippen molar-refractivity contribution in [1.82, 2.24) is 0 Å². The van der Waals surface area contributed by atoms with Crippen molar-refractivity contribution < 1.29 is 0 Å². The van der Waals surface area contributed by atoms with E-state index in [4.69, 9.17) is 0 Å². The van der Waals surface area contributed by atoms with Crippen LogP contribution in [0.2, 0.25) is 0 Å². The van der Waals surface area contributed by atoms with E-state index >= 15 is 0 Å². The van der Waals surface area contributed by atoms with Gasteiger partial charge < -0.3 is 0 Å². The van der Waals surface area contributed by atoms with Crippen LogP contribution < -0.4 is 5.30 Å². The summed E-state index contributed by atoms with van der Waals surface area (Å²) in [5, 5.41) is 1.37. The summed E-state index contributed by atoms with van der Waals surface area (Å²) in [7, 11) is 2.84. The molecule has 1 aromatic carbocycles. The van der Waals surface area contributed by atoms with Gasteiger partial charge >= 0.3 is 0 Å². The summed E-state index contributed by atoms with van der Waals surface area (Å²) in [6, 6.07) is 4.41. The Bertz CT molecular complexity index is 289. The number of hydrogen-bond donors (Lipinski definition) is 0. The highest BCUT2D eigenvalue weighted by Gasteiger charge is 2.03. The molecule has 0 amide bonds. The van der Waals surface area contributed by atoms with Gasteiger partial charge in [-0.15, -0.1) is 9.24 Å². The molecule has 0 radical (unpaired) electrons. The van der Waals surface area contributed by atoms with Gasteiger partial charge in [0.2, 0.25) is 0 Å². The highest BCUT2D eigenvalue weighted by Crippen LogP contribution is 2.15. The van der Waals surface area contributed by atoms with E-state index in [1.165, 1.54) is 41.3 Å². The van der Waals surface area contributed by atoms with Gasteiger partial charge in [0.1, 0.15) is 0 Å². The Morgan fingerprint density at radius 3 is 2.54 bits per heavy atom. The van der Waals surface area contributed by atoms with Crippen molar-refractivity contribution in [2.75, 3.05) is 0 Å². The molecule has 1 heteroatoms. The van der Waals surface area contributed by atoms with Crippen LogP contribution in [0.15, 0.2) is 12.1 Å². The minimum absolute atomic E-state index is 1.23. The minimum Gasteiger partial charge on any atom is -0.105 e. The predicted octanol–water partition coefficient (Wildman–Crippen LogP) is 3.15. The molecule has 1 atom stereocenters. The summed E-state index contributed by atoms with van der Waals surface area (Å²) >= 11 is 0. The maximum atomic E-state index is 2.84. The first kappa shape index (κ1) is 10.7. The van der Waals surface area contributed by atoms with Crippen LogP contribution in [0.4, 0.5) is 0 Å². The molecule has 0 spiro atoms. The normalized spacial score (nSPS) is 10.5. The summed E-state index contributed by atoms with van der Waals surface area (Å²) < 4.78 is 0. The van der Waals surface area contributed by atoms with Gasteiger partial charge in [-0.3, -0.25) is 0 Å². The lowest BCUT2D eigenvalue weighted by Gasteiger charge is -2.11. The molecule has 1 unspecified atom stereocenters.